The highest BCUT2D eigenvalue weighted by Gasteiger charge is 2.86. The summed E-state index contributed by atoms with van der Waals surface area (Å²) in [5, 5.41) is 0. The number of Topliss-reactive ketones (excluding diaryl/α,β-unsaturated/α-hetero) is 1. The third-order valence-electron chi connectivity index (χ3n) is 3.82. The molecule has 0 saturated heterocycles. The van der Waals surface area contributed by atoms with Crippen LogP contribution >= 0.6 is 11.6 Å². The van der Waals surface area contributed by atoms with Crippen LogP contribution in [0.4, 0.5) is 0 Å². The Labute approximate surface area is 122 Å². The van der Waals surface area contributed by atoms with Gasteiger partial charge in [-0.15, -0.1) is 0 Å². The van der Waals surface area contributed by atoms with Gasteiger partial charge >= 0.3 is 0 Å². The number of hydrogen-bond acceptors (Lipinski definition) is 5. The van der Waals surface area contributed by atoms with Crippen LogP contribution in [0.1, 0.15) is 5.56 Å². The fraction of sp³-hybridized carbons (Fsp3) is 0.500. The standard InChI is InChI=1S/C14H17ClO5/c1-17-13(18-2)11(16)12(15,14(13,19-3)20-4)10-8-6-5-7-9-10/h5-9H,1-4H3. The van der Waals surface area contributed by atoms with Crippen molar-refractivity contribution in [3.63, 3.8) is 0 Å². The first kappa shape index (κ1) is 15.4. The molecule has 0 aromatic heterocycles. The molecule has 0 spiro atoms. The molecule has 1 aliphatic carbocycles. The first-order valence-corrected chi connectivity index (χ1v) is 6.38. The smallest absolute Gasteiger partial charge is 0.289 e. The minimum Gasteiger partial charge on any atom is -0.346 e. The van der Waals surface area contributed by atoms with Crippen LogP contribution in [0.15, 0.2) is 30.3 Å². The number of carbonyl (C=O) groups excluding carboxylic acids is 1. The number of halogens is 1. The van der Waals surface area contributed by atoms with Gasteiger partial charge in [0, 0.05) is 28.4 Å². The van der Waals surface area contributed by atoms with E-state index < -0.39 is 22.2 Å². The van der Waals surface area contributed by atoms with Gasteiger partial charge in [-0.05, 0) is 5.56 Å². The molecule has 1 saturated carbocycles. The van der Waals surface area contributed by atoms with Crippen molar-refractivity contribution in [3.05, 3.63) is 35.9 Å². The topological polar surface area (TPSA) is 54.0 Å². The van der Waals surface area contributed by atoms with Gasteiger partial charge in [0.05, 0.1) is 0 Å². The number of ether oxygens (including phenoxy) is 4. The lowest BCUT2D eigenvalue weighted by atomic mass is 9.65. The Bertz CT molecular complexity index is 496. The first-order chi connectivity index (χ1) is 9.50. The Morgan fingerprint density at radius 1 is 0.900 bits per heavy atom. The zero-order valence-corrected chi connectivity index (χ0v) is 12.6. The van der Waals surface area contributed by atoms with Gasteiger partial charge in [0.15, 0.2) is 4.87 Å². The summed E-state index contributed by atoms with van der Waals surface area (Å²) >= 11 is 6.59. The molecule has 0 bridgehead atoms. The molecule has 20 heavy (non-hydrogen) atoms. The molecule has 5 nitrogen and oxygen atoms in total. The van der Waals surface area contributed by atoms with Gasteiger partial charge in [-0.1, -0.05) is 41.9 Å². The summed E-state index contributed by atoms with van der Waals surface area (Å²) in [4.78, 5) is 11.1. The van der Waals surface area contributed by atoms with Crippen LogP contribution in [0.3, 0.4) is 0 Å². The molecule has 0 heterocycles. The lowest BCUT2D eigenvalue weighted by Crippen LogP contribution is -2.85. The van der Waals surface area contributed by atoms with E-state index in [1.807, 2.05) is 6.07 Å². The molecule has 0 N–H and O–H groups in total. The molecule has 1 atom stereocenters. The van der Waals surface area contributed by atoms with Gasteiger partial charge in [-0.2, -0.15) is 0 Å². The van der Waals surface area contributed by atoms with Gasteiger partial charge in [0.1, 0.15) is 0 Å². The van der Waals surface area contributed by atoms with Crippen molar-refractivity contribution in [2.45, 2.75) is 16.4 Å². The van der Waals surface area contributed by atoms with E-state index in [4.69, 9.17) is 30.5 Å². The molecular formula is C14H17ClO5. The maximum absolute atomic E-state index is 12.7. The van der Waals surface area contributed by atoms with Crippen molar-refractivity contribution >= 4 is 17.4 Å². The third-order valence-corrected chi connectivity index (χ3v) is 4.46. The van der Waals surface area contributed by atoms with Crippen molar-refractivity contribution in [1.29, 1.82) is 0 Å². The minimum atomic E-state index is -1.70. The number of benzene rings is 1. The first-order valence-electron chi connectivity index (χ1n) is 6.00. The number of carbonyl (C=O) groups is 1. The van der Waals surface area contributed by atoms with E-state index in [1.165, 1.54) is 28.4 Å². The molecule has 1 aromatic carbocycles. The summed E-state index contributed by atoms with van der Waals surface area (Å²) in [5.41, 5.74) is 0.556. The van der Waals surface area contributed by atoms with Gasteiger partial charge in [-0.25, -0.2) is 0 Å². The van der Waals surface area contributed by atoms with E-state index >= 15 is 0 Å². The van der Waals surface area contributed by atoms with Crippen LogP contribution in [0, 0.1) is 0 Å². The average molecular weight is 301 g/mol. The number of hydrogen-bond donors (Lipinski definition) is 0. The largest absolute Gasteiger partial charge is 0.346 e. The molecule has 1 aliphatic rings. The Morgan fingerprint density at radius 2 is 1.40 bits per heavy atom. The number of rotatable bonds is 5. The molecule has 6 heteroatoms. The second-order valence-electron chi connectivity index (χ2n) is 4.40. The minimum absolute atomic E-state index is 0.466. The lowest BCUT2D eigenvalue weighted by molar-refractivity contribution is -0.412. The van der Waals surface area contributed by atoms with Crippen LogP contribution < -0.4 is 0 Å². The summed E-state index contributed by atoms with van der Waals surface area (Å²) in [7, 11) is 5.47. The van der Waals surface area contributed by atoms with Gasteiger partial charge in [0.2, 0.25) is 5.78 Å². The maximum atomic E-state index is 12.7. The van der Waals surface area contributed by atoms with Gasteiger partial charge < -0.3 is 18.9 Å². The monoisotopic (exact) mass is 300 g/mol. The summed E-state index contributed by atoms with van der Waals surface area (Å²) < 4.78 is 21.4. The highest BCUT2D eigenvalue weighted by Crippen LogP contribution is 2.61. The van der Waals surface area contributed by atoms with E-state index in [9.17, 15) is 4.79 Å². The van der Waals surface area contributed by atoms with Crippen molar-refractivity contribution in [2.75, 3.05) is 28.4 Å². The van der Waals surface area contributed by atoms with Crippen molar-refractivity contribution < 1.29 is 23.7 Å². The summed E-state index contributed by atoms with van der Waals surface area (Å²) in [6.07, 6.45) is 0. The van der Waals surface area contributed by atoms with Crippen LogP contribution in [-0.4, -0.2) is 45.8 Å². The average Bonchev–Trinajstić information content (AvgIpc) is 2.52. The number of methoxy groups -OCH3 is 4. The molecule has 0 amide bonds. The molecule has 1 fully saturated rings. The second kappa shape index (κ2) is 5.09. The Morgan fingerprint density at radius 3 is 1.80 bits per heavy atom. The van der Waals surface area contributed by atoms with Gasteiger partial charge in [0.25, 0.3) is 11.6 Å². The quantitative estimate of drug-likeness (QED) is 0.612. The molecule has 0 aliphatic heterocycles. The predicted octanol–water partition coefficient (Wildman–Crippen LogP) is 1.68. The van der Waals surface area contributed by atoms with E-state index in [1.54, 1.807) is 24.3 Å². The molecule has 2 rings (SSSR count). The molecule has 110 valence electrons. The SMILES string of the molecule is COC1(OC)C(=O)C(Cl)(c2ccccc2)C1(OC)OC. The summed E-state index contributed by atoms with van der Waals surface area (Å²) in [6, 6.07) is 8.85. The fourth-order valence-corrected chi connectivity index (χ4v) is 3.38. The van der Waals surface area contributed by atoms with E-state index in [2.05, 4.69) is 0 Å². The van der Waals surface area contributed by atoms with Crippen LogP contribution in [-0.2, 0) is 28.6 Å². The highest BCUT2D eigenvalue weighted by atomic mass is 35.5. The van der Waals surface area contributed by atoms with Crippen LogP contribution in [0.25, 0.3) is 0 Å². The van der Waals surface area contributed by atoms with Crippen molar-refractivity contribution in [1.82, 2.24) is 0 Å². The Balaban J connectivity index is 2.63. The molecule has 1 aromatic rings. The van der Waals surface area contributed by atoms with Gasteiger partial charge in [-0.3, -0.25) is 4.79 Å². The van der Waals surface area contributed by atoms with Crippen molar-refractivity contribution in [3.8, 4) is 0 Å². The zero-order valence-electron chi connectivity index (χ0n) is 11.8. The number of ketones is 1. The highest BCUT2D eigenvalue weighted by molar-refractivity contribution is 6.40. The zero-order chi connectivity index (χ0) is 15.0. The third kappa shape index (κ3) is 1.44. The van der Waals surface area contributed by atoms with E-state index in [0.717, 1.165) is 0 Å². The van der Waals surface area contributed by atoms with Crippen LogP contribution in [0.5, 0.6) is 0 Å². The fourth-order valence-electron chi connectivity index (χ4n) is 2.85. The molecule has 0 radical (unpaired) electrons. The van der Waals surface area contributed by atoms with E-state index in [0.29, 0.717) is 5.56 Å². The van der Waals surface area contributed by atoms with E-state index in [-0.39, 0.29) is 0 Å². The molecular weight excluding hydrogens is 284 g/mol. The summed E-state index contributed by atoms with van der Waals surface area (Å²) in [6.45, 7) is 0. The lowest BCUT2D eigenvalue weighted by Gasteiger charge is -2.61. The molecule has 1 unspecified atom stereocenters. The summed E-state index contributed by atoms with van der Waals surface area (Å²) in [5.74, 6) is -3.75. The normalized spacial score (nSPS) is 27.1. The number of alkyl halides is 1. The second-order valence-corrected chi connectivity index (χ2v) is 4.97. The van der Waals surface area contributed by atoms with Crippen LogP contribution in [0.2, 0.25) is 0 Å². The maximum Gasteiger partial charge on any atom is 0.289 e. The Kier molecular flexibility index (Phi) is 3.92. The van der Waals surface area contributed by atoms with Crippen molar-refractivity contribution in [2.24, 2.45) is 0 Å². The Hall–Kier alpha value is -0.980. The predicted molar refractivity (Wildman–Crippen MR) is 72.5 cm³/mol.